The molecule has 0 radical (unpaired) electrons. The lowest BCUT2D eigenvalue weighted by Gasteiger charge is -2.28. The number of aromatic nitrogens is 1. The minimum Gasteiger partial charge on any atom is -0.352 e. The summed E-state index contributed by atoms with van der Waals surface area (Å²) >= 11 is 1.07. The molecule has 0 aromatic carbocycles. The van der Waals surface area contributed by atoms with Crippen LogP contribution in [0.3, 0.4) is 0 Å². The third-order valence-corrected chi connectivity index (χ3v) is 6.32. The molecule has 2 fully saturated rings. The van der Waals surface area contributed by atoms with Gasteiger partial charge in [-0.2, -0.15) is 0 Å². The number of imide groups is 1. The average molecular weight is 408 g/mol. The summed E-state index contributed by atoms with van der Waals surface area (Å²) in [4.78, 5) is 62.5. The van der Waals surface area contributed by atoms with Crippen molar-refractivity contribution in [2.24, 2.45) is 5.92 Å². The summed E-state index contributed by atoms with van der Waals surface area (Å²) in [6.45, 7) is 4.33. The highest BCUT2D eigenvalue weighted by Gasteiger charge is 2.35. The number of amides is 4. The van der Waals surface area contributed by atoms with Crippen LogP contribution in [0.5, 0.6) is 0 Å². The number of likely N-dealkylation sites (tertiary alicyclic amines) is 2. The van der Waals surface area contributed by atoms with Crippen molar-refractivity contribution in [2.75, 3.05) is 19.6 Å². The Labute approximate surface area is 166 Å². The average Bonchev–Trinajstić information content (AvgIpc) is 3.28. The van der Waals surface area contributed by atoms with Gasteiger partial charge < -0.3 is 10.2 Å². The molecule has 1 aromatic rings. The Morgan fingerprint density at radius 1 is 1.18 bits per heavy atom. The number of carbonyl (C=O) groups excluding carboxylic acids is 4. The summed E-state index contributed by atoms with van der Waals surface area (Å²) in [6.07, 6.45) is 1.11. The van der Waals surface area contributed by atoms with Gasteiger partial charge in [0.05, 0.1) is 6.04 Å². The van der Waals surface area contributed by atoms with Crippen LogP contribution in [0.25, 0.3) is 0 Å². The molecule has 3 rings (SSSR count). The van der Waals surface area contributed by atoms with Crippen LogP contribution in [0.4, 0.5) is 0 Å². The molecular weight excluding hydrogens is 384 g/mol. The summed E-state index contributed by atoms with van der Waals surface area (Å²) in [5.74, 6) is -1.04. The largest absolute Gasteiger partial charge is 0.352 e. The lowest BCUT2D eigenvalue weighted by Crippen LogP contribution is -2.48. The lowest BCUT2D eigenvalue weighted by molar-refractivity contribution is -0.142. The normalized spacial score (nSPS) is 22.2. The maximum atomic E-state index is 12.7. The van der Waals surface area contributed by atoms with Crippen LogP contribution in [0.1, 0.15) is 31.9 Å². The first-order valence-corrected chi connectivity index (χ1v) is 10.2. The second-order valence-corrected chi connectivity index (χ2v) is 8.15. The number of carbonyl (C=O) groups is 4. The molecule has 3 heterocycles. The molecule has 1 aromatic heterocycles. The van der Waals surface area contributed by atoms with Crippen LogP contribution in [-0.4, -0.2) is 63.7 Å². The summed E-state index contributed by atoms with van der Waals surface area (Å²) in [5.41, 5.74) is 0.750. The number of hydrogen-bond acceptors (Lipinski definition) is 6. The van der Waals surface area contributed by atoms with Gasteiger partial charge in [-0.25, -0.2) is 0 Å². The fraction of sp³-hybridized carbons (Fsp3) is 0.611. The first-order chi connectivity index (χ1) is 13.3. The topological polar surface area (TPSA) is 109 Å². The van der Waals surface area contributed by atoms with Gasteiger partial charge in [0.15, 0.2) is 0 Å². The molecule has 28 heavy (non-hydrogen) atoms. The van der Waals surface area contributed by atoms with Crippen molar-refractivity contribution in [2.45, 2.75) is 45.7 Å². The molecule has 2 saturated heterocycles. The Kier molecular flexibility index (Phi) is 5.97. The van der Waals surface area contributed by atoms with Gasteiger partial charge in [-0.05, 0) is 19.3 Å². The fourth-order valence-corrected chi connectivity index (χ4v) is 4.40. The Balaban J connectivity index is 1.58. The van der Waals surface area contributed by atoms with E-state index >= 15 is 0 Å². The van der Waals surface area contributed by atoms with Crippen molar-refractivity contribution in [3.05, 3.63) is 20.7 Å². The van der Waals surface area contributed by atoms with Gasteiger partial charge in [0, 0.05) is 37.0 Å². The molecule has 0 spiro atoms. The summed E-state index contributed by atoms with van der Waals surface area (Å²) in [5, 5.41) is 4.47. The maximum absolute atomic E-state index is 12.7. The van der Waals surface area contributed by atoms with Crippen molar-refractivity contribution in [3.8, 4) is 0 Å². The van der Waals surface area contributed by atoms with Crippen molar-refractivity contribution >= 4 is 35.0 Å². The van der Waals surface area contributed by atoms with E-state index < -0.39 is 5.91 Å². The number of hydrogen-bond donors (Lipinski definition) is 1. The zero-order valence-electron chi connectivity index (χ0n) is 16.0. The van der Waals surface area contributed by atoms with E-state index in [-0.39, 0.29) is 67.0 Å². The van der Waals surface area contributed by atoms with E-state index in [2.05, 4.69) is 5.32 Å². The molecule has 4 amide bonds. The van der Waals surface area contributed by atoms with Gasteiger partial charge >= 0.3 is 4.87 Å². The van der Waals surface area contributed by atoms with E-state index in [9.17, 15) is 24.0 Å². The Hall–Kier alpha value is -2.49. The molecule has 9 nitrogen and oxygen atoms in total. The Morgan fingerprint density at radius 3 is 2.46 bits per heavy atom. The number of aryl methyl sites for hydroxylation is 1. The van der Waals surface area contributed by atoms with Crippen molar-refractivity contribution in [3.63, 3.8) is 0 Å². The van der Waals surface area contributed by atoms with E-state index in [4.69, 9.17) is 0 Å². The second-order valence-electron chi connectivity index (χ2n) is 7.33. The van der Waals surface area contributed by atoms with Crippen LogP contribution >= 0.6 is 11.3 Å². The molecule has 152 valence electrons. The van der Waals surface area contributed by atoms with Gasteiger partial charge in [0.1, 0.15) is 13.1 Å². The van der Waals surface area contributed by atoms with Crippen LogP contribution in [-0.2, 0) is 25.7 Å². The number of nitrogens with one attached hydrogen (secondary N) is 1. The van der Waals surface area contributed by atoms with Crippen molar-refractivity contribution in [1.29, 1.82) is 0 Å². The monoisotopic (exact) mass is 408 g/mol. The highest BCUT2D eigenvalue weighted by atomic mass is 32.1. The van der Waals surface area contributed by atoms with Gasteiger partial charge in [0.25, 0.3) is 0 Å². The molecule has 2 aliphatic heterocycles. The summed E-state index contributed by atoms with van der Waals surface area (Å²) in [6, 6.07) is -0.184. The Bertz CT molecular complexity index is 844. The van der Waals surface area contributed by atoms with E-state index in [0.717, 1.165) is 28.4 Å². The van der Waals surface area contributed by atoms with Gasteiger partial charge in [0.2, 0.25) is 23.6 Å². The third-order valence-electron chi connectivity index (χ3n) is 5.44. The van der Waals surface area contributed by atoms with Gasteiger partial charge in [-0.1, -0.05) is 18.3 Å². The molecular formula is C18H24N4O5S. The summed E-state index contributed by atoms with van der Waals surface area (Å²) < 4.78 is 1.45. The third kappa shape index (κ3) is 4.16. The van der Waals surface area contributed by atoms with E-state index in [1.807, 2.05) is 6.92 Å². The smallest absolute Gasteiger partial charge is 0.307 e. The Morgan fingerprint density at radius 2 is 1.86 bits per heavy atom. The van der Waals surface area contributed by atoms with Crippen molar-refractivity contribution < 1.29 is 19.2 Å². The minimum atomic E-state index is -0.417. The maximum Gasteiger partial charge on any atom is 0.307 e. The molecule has 2 unspecified atom stereocenters. The van der Waals surface area contributed by atoms with Gasteiger partial charge in [-0.3, -0.25) is 33.4 Å². The first kappa shape index (κ1) is 20.2. The number of rotatable bonds is 6. The van der Waals surface area contributed by atoms with Crippen LogP contribution in [0.15, 0.2) is 10.2 Å². The zero-order valence-corrected chi connectivity index (χ0v) is 16.8. The van der Waals surface area contributed by atoms with Crippen LogP contribution < -0.4 is 10.2 Å². The highest BCUT2D eigenvalue weighted by Crippen LogP contribution is 2.24. The molecule has 0 aliphatic carbocycles. The highest BCUT2D eigenvalue weighted by molar-refractivity contribution is 7.07. The van der Waals surface area contributed by atoms with Crippen LogP contribution in [0.2, 0.25) is 0 Å². The molecule has 1 N–H and O–H groups in total. The minimum absolute atomic E-state index is 0.0118. The molecule has 2 atom stereocenters. The van der Waals surface area contributed by atoms with E-state index in [1.54, 1.807) is 17.2 Å². The molecule has 0 bridgehead atoms. The van der Waals surface area contributed by atoms with Crippen molar-refractivity contribution in [1.82, 2.24) is 19.7 Å². The quantitative estimate of drug-likeness (QED) is 0.652. The fourth-order valence-electron chi connectivity index (χ4n) is 3.67. The van der Waals surface area contributed by atoms with E-state index in [0.29, 0.717) is 6.54 Å². The predicted molar refractivity (Wildman–Crippen MR) is 102 cm³/mol. The number of nitrogens with zero attached hydrogens (tertiary/aromatic N) is 3. The lowest BCUT2D eigenvalue weighted by atomic mass is 10.0. The standard InChI is InChI=1S/C18H24N4O5S/c1-11-5-6-20(17(26)9-21-12(2)10-28-18(21)27)13(11)7-19-14(23)8-22-15(24)3-4-16(22)25/h10-11,13H,3-9H2,1-2H3,(H,19,23). The van der Waals surface area contributed by atoms with E-state index in [1.165, 1.54) is 4.57 Å². The SMILES string of the molecule is Cc1csc(=O)n1CC(=O)N1CCC(C)C1CNC(=O)CN1C(=O)CCC1=O. The zero-order chi connectivity index (χ0) is 20.4. The van der Waals surface area contributed by atoms with Gasteiger partial charge in [-0.15, -0.1) is 0 Å². The molecule has 10 heteroatoms. The number of thiazole rings is 1. The molecule has 0 saturated carbocycles. The second kappa shape index (κ2) is 8.26. The predicted octanol–water partition coefficient (Wildman–Crippen LogP) is -0.280. The first-order valence-electron chi connectivity index (χ1n) is 9.32. The van der Waals surface area contributed by atoms with Crippen LogP contribution in [0, 0.1) is 12.8 Å². The summed E-state index contributed by atoms with van der Waals surface area (Å²) in [7, 11) is 0. The molecule has 2 aliphatic rings.